The molecule has 8 heteroatoms. The van der Waals surface area contributed by atoms with E-state index in [1.165, 1.54) is 23.9 Å². The van der Waals surface area contributed by atoms with Gasteiger partial charge in [0, 0.05) is 5.69 Å². The lowest BCUT2D eigenvalue weighted by atomic mass is 10.3. The molecule has 2 heterocycles. The number of anilines is 1. The average Bonchev–Trinajstić information content (AvgIpc) is 3.02. The predicted octanol–water partition coefficient (Wildman–Crippen LogP) is 3.46. The standard InChI is InChI=1S/C18H14FN5OS/c1-11-22-23-17-18(21-14-7-2-3-8-15(14)24(11)17)26-10-16(25)20-13-6-4-5-12(19)9-13/h2-9H,10H2,1H3,(H,20,25). The van der Waals surface area contributed by atoms with E-state index in [4.69, 9.17) is 0 Å². The lowest BCUT2D eigenvalue weighted by Gasteiger charge is -2.08. The van der Waals surface area contributed by atoms with Crippen molar-refractivity contribution in [3.05, 3.63) is 60.2 Å². The molecule has 0 fully saturated rings. The molecule has 130 valence electrons. The van der Waals surface area contributed by atoms with E-state index in [9.17, 15) is 9.18 Å². The number of nitrogens with one attached hydrogen (secondary N) is 1. The van der Waals surface area contributed by atoms with Crippen molar-refractivity contribution in [2.24, 2.45) is 0 Å². The Bertz CT molecular complexity index is 1130. The summed E-state index contributed by atoms with van der Waals surface area (Å²) < 4.78 is 15.1. The van der Waals surface area contributed by atoms with E-state index < -0.39 is 5.82 Å². The maximum atomic E-state index is 13.2. The minimum atomic E-state index is -0.396. The normalized spacial score (nSPS) is 11.2. The average molecular weight is 367 g/mol. The summed E-state index contributed by atoms with van der Waals surface area (Å²) in [6.45, 7) is 1.87. The molecule has 0 saturated heterocycles. The third-order valence-corrected chi connectivity index (χ3v) is 4.76. The highest BCUT2D eigenvalue weighted by atomic mass is 32.2. The summed E-state index contributed by atoms with van der Waals surface area (Å²) in [5, 5.41) is 11.6. The number of hydrogen-bond acceptors (Lipinski definition) is 5. The van der Waals surface area contributed by atoms with Crippen LogP contribution in [0.2, 0.25) is 0 Å². The molecule has 4 aromatic rings. The Morgan fingerprint density at radius 3 is 2.88 bits per heavy atom. The summed E-state index contributed by atoms with van der Waals surface area (Å²) >= 11 is 1.27. The van der Waals surface area contributed by atoms with Gasteiger partial charge in [-0.2, -0.15) is 0 Å². The van der Waals surface area contributed by atoms with Crippen LogP contribution in [-0.4, -0.2) is 31.2 Å². The molecule has 26 heavy (non-hydrogen) atoms. The number of amides is 1. The molecule has 0 unspecified atom stereocenters. The summed E-state index contributed by atoms with van der Waals surface area (Å²) in [5.74, 6) is 0.241. The topological polar surface area (TPSA) is 72.2 Å². The van der Waals surface area contributed by atoms with Crippen molar-refractivity contribution in [3.63, 3.8) is 0 Å². The number of benzene rings is 2. The largest absolute Gasteiger partial charge is 0.325 e. The second kappa shape index (κ2) is 6.72. The molecule has 4 rings (SSSR count). The number of thioether (sulfide) groups is 1. The maximum Gasteiger partial charge on any atom is 0.234 e. The van der Waals surface area contributed by atoms with Crippen LogP contribution in [0.4, 0.5) is 10.1 Å². The lowest BCUT2D eigenvalue weighted by Crippen LogP contribution is -2.14. The van der Waals surface area contributed by atoms with Gasteiger partial charge in [-0.1, -0.05) is 30.0 Å². The van der Waals surface area contributed by atoms with Crippen LogP contribution >= 0.6 is 11.8 Å². The van der Waals surface area contributed by atoms with Crippen LogP contribution in [0.1, 0.15) is 5.82 Å². The van der Waals surface area contributed by atoms with Crippen LogP contribution in [0.5, 0.6) is 0 Å². The number of carbonyl (C=O) groups excluding carboxylic acids is 1. The second-order valence-corrected chi connectivity index (χ2v) is 6.62. The summed E-state index contributed by atoms with van der Waals surface area (Å²) in [5.41, 5.74) is 2.75. The van der Waals surface area contributed by atoms with Gasteiger partial charge in [0.1, 0.15) is 16.7 Å². The second-order valence-electron chi connectivity index (χ2n) is 5.66. The first-order valence-corrected chi connectivity index (χ1v) is 8.89. The zero-order chi connectivity index (χ0) is 18.1. The molecule has 6 nitrogen and oxygen atoms in total. The zero-order valence-corrected chi connectivity index (χ0v) is 14.6. The molecule has 0 aliphatic rings. The number of hydrogen-bond donors (Lipinski definition) is 1. The fourth-order valence-corrected chi connectivity index (χ4v) is 3.45. The van der Waals surface area contributed by atoms with E-state index in [0.29, 0.717) is 16.4 Å². The highest BCUT2D eigenvalue weighted by Gasteiger charge is 2.14. The lowest BCUT2D eigenvalue weighted by molar-refractivity contribution is -0.113. The molecule has 0 aliphatic heterocycles. The van der Waals surface area contributed by atoms with E-state index in [1.54, 1.807) is 12.1 Å². The Balaban J connectivity index is 1.59. The van der Waals surface area contributed by atoms with Crippen LogP contribution in [0.15, 0.2) is 53.6 Å². The summed E-state index contributed by atoms with van der Waals surface area (Å²) in [6.07, 6.45) is 0. The van der Waals surface area contributed by atoms with E-state index >= 15 is 0 Å². The molecular formula is C18H14FN5OS. The van der Waals surface area contributed by atoms with Gasteiger partial charge in [-0.05, 0) is 37.3 Å². The van der Waals surface area contributed by atoms with Gasteiger partial charge in [-0.15, -0.1) is 10.2 Å². The van der Waals surface area contributed by atoms with Crippen LogP contribution in [0, 0.1) is 12.7 Å². The van der Waals surface area contributed by atoms with Crippen molar-refractivity contribution >= 4 is 40.0 Å². The van der Waals surface area contributed by atoms with Crippen molar-refractivity contribution in [2.45, 2.75) is 11.9 Å². The van der Waals surface area contributed by atoms with E-state index in [1.807, 2.05) is 35.6 Å². The summed E-state index contributed by atoms with van der Waals surface area (Å²) in [6, 6.07) is 13.5. The van der Waals surface area contributed by atoms with Crippen molar-refractivity contribution in [1.29, 1.82) is 0 Å². The number of nitrogens with zero attached hydrogens (tertiary/aromatic N) is 4. The number of aryl methyl sites for hydroxylation is 1. The third kappa shape index (κ3) is 3.11. The SMILES string of the molecule is Cc1nnc2c(SCC(=O)Nc3cccc(F)c3)nc3ccccc3n12. The zero-order valence-electron chi connectivity index (χ0n) is 13.8. The van der Waals surface area contributed by atoms with Crippen LogP contribution in [0.25, 0.3) is 16.7 Å². The molecule has 0 saturated carbocycles. The van der Waals surface area contributed by atoms with Crippen molar-refractivity contribution < 1.29 is 9.18 Å². The van der Waals surface area contributed by atoms with Crippen molar-refractivity contribution in [3.8, 4) is 0 Å². The first kappa shape index (κ1) is 16.5. The first-order valence-electron chi connectivity index (χ1n) is 7.90. The van der Waals surface area contributed by atoms with Gasteiger partial charge in [-0.3, -0.25) is 9.20 Å². The molecule has 1 N–H and O–H groups in total. The van der Waals surface area contributed by atoms with Gasteiger partial charge in [0.2, 0.25) is 5.91 Å². The predicted molar refractivity (Wildman–Crippen MR) is 98.8 cm³/mol. The van der Waals surface area contributed by atoms with Gasteiger partial charge in [0.25, 0.3) is 0 Å². The number of fused-ring (bicyclic) bond motifs is 3. The van der Waals surface area contributed by atoms with Crippen molar-refractivity contribution in [1.82, 2.24) is 19.6 Å². The number of halogens is 1. The quantitative estimate of drug-likeness (QED) is 0.559. The Kier molecular flexibility index (Phi) is 4.26. The Labute approximate surface area is 152 Å². The third-order valence-electron chi connectivity index (χ3n) is 3.81. The summed E-state index contributed by atoms with van der Waals surface area (Å²) in [7, 11) is 0. The Morgan fingerprint density at radius 2 is 2.04 bits per heavy atom. The number of carbonyl (C=O) groups is 1. The minimum absolute atomic E-state index is 0.128. The van der Waals surface area contributed by atoms with E-state index in [0.717, 1.165) is 16.9 Å². The molecule has 2 aromatic carbocycles. The minimum Gasteiger partial charge on any atom is -0.325 e. The van der Waals surface area contributed by atoms with Crippen LogP contribution < -0.4 is 5.32 Å². The molecule has 0 aliphatic carbocycles. The fourth-order valence-electron chi connectivity index (χ4n) is 2.69. The van der Waals surface area contributed by atoms with Crippen molar-refractivity contribution in [2.75, 3.05) is 11.1 Å². The van der Waals surface area contributed by atoms with Gasteiger partial charge < -0.3 is 5.32 Å². The van der Waals surface area contributed by atoms with Crippen LogP contribution in [0.3, 0.4) is 0 Å². The van der Waals surface area contributed by atoms with E-state index in [2.05, 4.69) is 20.5 Å². The molecule has 0 bridgehead atoms. The Morgan fingerprint density at radius 1 is 1.19 bits per heavy atom. The molecular weight excluding hydrogens is 353 g/mol. The molecule has 0 atom stereocenters. The van der Waals surface area contributed by atoms with Crippen LogP contribution in [-0.2, 0) is 4.79 Å². The smallest absolute Gasteiger partial charge is 0.234 e. The highest BCUT2D eigenvalue weighted by molar-refractivity contribution is 8.00. The van der Waals surface area contributed by atoms with E-state index in [-0.39, 0.29) is 11.7 Å². The maximum absolute atomic E-state index is 13.2. The van der Waals surface area contributed by atoms with Gasteiger partial charge >= 0.3 is 0 Å². The molecule has 0 radical (unpaired) electrons. The number of rotatable bonds is 4. The van der Waals surface area contributed by atoms with Gasteiger partial charge in [-0.25, -0.2) is 9.37 Å². The Hall–Kier alpha value is -3.00. The summed E-state index contributed by atoms with van der Waals surface area (Å²) in [4.78, 5) is 16.8. The number of aromatic nitrogens is 4. The molecule has 2 aromatic heterocycles. The monoisotopic (exact) mass is 367 g/mol. The molecule has 1 amide bonds. The molecule has 0 spiro atoms. The first-order chi connectivity index (χ1) is 12.6. The number of para-hydroxylation sites is 2. The van der Waals surface area contributed by atoms with Gasteiger partial charge in [0.15, 0.2) is 5.65 Å². The fraction of sp³-hybridized carbons (Fsp3) is 0.111. The van der Waals surface area contributed by atoms with Gasteiger partial charge in [0.05, 0.1) is 16.8 Å². The highest BCUT2D eigenvalue weighted by Crippen LogP contribution is 2.25.